The SMILES string of the molecule is C=C(C)[C@H]1CCC(C)=C1COC(C)=O. The maximum absolute atomic E-state index is 10.7. The zero-order chi connectivity index (χ0) is 10.7. The van der Waals surface area contributed by atoms with Gasteiger partial charge in [0.25, 0.3) is 0 Å². The van der Waals surface area contributed by atoms with Gasteiger partial charge in [-0.25, -0.2) is 0 Å². The average Bonchev–Trinajstić information content (AvgIpc) is 2.43. The van der Waals surface area contributed by atoms with E-state index in [1.807, 2.05) is 6.92 Å². The van der Waals surface area contributed by atoms with Gasteiger partial charge in [-0.2, -0.15) is 0 Å². The second kappa shape index (κ2) is 4.45. The number of carbonyl (C=O) groups is 1. The Morgan fingerprint density at radius 1 is 1.57 bits per heavy atom. The van der Waals surface area contributed by atoms with Gasteiger partial charge >= 0.3 is 5.97 Å². The minimum Gasteiger partial charge on any atom is -0.461 e. The van der Waals surface area contributed by atoms with E-state index in [4.69, 9.17) is 4.74 Å². The molecule has 0 saturated carbocycles. The van der Waals surface area contributed by atoms with Crippen molar-refractivity contribution in [2.45, 2.75) is 33.6 Å². The smallest absolute Gasteiger partial charge is 0.302 e. The Morgan fingerprint density at radius 3 is 2.71 bits per heavy atom. The molecule has 2 heteroatoms. The van der Waals surface area contributed by atoms with Crippen LogP contribution in [-0.4, -0.2) is 12.6 Å². The van der Waals surface area contributed by atoms with Gasteiger partial charge in [0.05, 0.1) is 0 Å². The summed E-state index contributed by atoms with van der Waals surface area (Å²) in [6.07, 6.45) is 2.23. The van der Waals surface area contributed by atoms with Gasteiger partial charge < -0.3 is 4.74 Å². The Balaban J connectivity index is 2.67. The molecule has 0 N–H and O–H groups in total. The fourth-order valence-corrected chi connectivity index (χ4v) is 1.94. The topological polar surface area (TPSA) is 26.3 Å². The summed E-state index contributed by atoms with van der Waals surface area (Å²) >= 11 is 0. The number of ether oxygens (including phenoxy) is 1. The molecule has 2 nitrogen and oxygen atoms in total. The third-order valence-corrected chi connectivity index (χ3v) is 2.80. The molecule has 0 heterocycles. The normalized spacial score (nSPS) is 21.2. The van der Waals surface area contributed by atoms with Crippen molar-refractivity contribution < 1.29 is 9.53 Å². The van der Waals surface area contributed by atoms with Crippen LogP contribution in [0.4, 0.5) is 0 Å². The third kappa shape index (κ3) is 2.47. The Hall–Kier alpha value is -1.05. The minimum atomic E-state index is -0.210. The van der Waals surface area contributed by atoms with Gasteiger partial charge in [0.1, 0.15) is 6.61 Å². The van der Waals surface area contributed by atoms with Crippen LogP contribution in [0.3, 0.4) is 0 Å². The molecule has 0 saturated heterocycles. The summed E-state index contributed by atoms with van der Waals surface area (Å²) in [6.45, 7) is 10.0. The number of rotatable bonds is 3. The van der Waals surface area contributed by atoms with Crippen LogP contribution in [0.25, 0.3) is 0 Å². The molecule has 0 aliphatic heterocycles. The highest BCUT2D eigenvalue weighted by molar-refractivity contribution is 5.66. The molecule has 1 atom stereocenters. The minimum absolute atomic E-state index is 0.210. The zero-order valence-corrected chi connectivity index (χ0v) is 9.22. The van der Waals surface area contributed by atoms with Gasteiger partial charge in [0, 0.05) is 12.8 Å². The van der Waals surface area contributed by atoms with Crippen LogP contribution >= 0.6 is 0 Å². The maximum atomic E-state index is 10.7. The van der Waals surface area contributed by atoms with Crippen molar-refractivity contribution in [1.29, 1.82) is 0 Å². The van der Waals surface area contributed by atoms with E-state index >= 15 is 0 Å². The lowest BCUT2D eigenvalue weighted by atomic mass is 9.95. The number of allylic oxidation sites excluding steroid dienone is 2. The van der Waals surface area contributed by atoms with Gasteiger partial charge in [-0.3, -0.25) is 4.79 Å². The highest BCUT2D eigenvalue weighted by atomic mass is 16.5. The largest absolute Gasteiger partial charge is 0.461 e. The van der Waals surface area contributed by atoms with Crippen LogP contribution in [0.15, 0.2) is 23.3 Å². The predicted octanol–water partition coefficient (Wildman–Crippen LogP) is 2.85. The summed E-state index contributed by atoms with van der Waals surface area (Å²) in [5, 5.41) is 0. The second-order valence-electron chi connectivity index (χ2n) is 4.02. The first-order valence-electron chi connectivity index (χ1n) is 4.99. The van der Waals surface area contributed by atoms with E-state index in [0.717, 1.165) is 12.8 Å². The van der Waals surface area contributed by atoms with Crippen molar-refractivity contribution >= 4 is 5.97 Å². The van der Waals surface area contributed by atoms with Crippen molar-refractivity contribution in [3.8, 4) is 0 Å². The maximum Gasteiger partial charge on any atom is 0.302 e. The molecule has 0 bridgehead atoms. The molecule has 0 aromatic carbocycles. The average molecular weight is 194 g/mol. The number of hydrogen-bond acceptors (Lipinski definition) is 2. The molecule has 1 rings (SSSR count). The number of hydrogen-bond donors (Lipinski definition) is 0. The van der Waals surface area contributed by atoms with E-state index in [9.17, 15) is 4.79 Å². The summed E-state index contributed by atoms with van der Waals surface area (Å²) < 4.78 is 5.04. The van der Waals surface area contributed by atoms with Crippen molar-refractivity contribution in [1.82, 2.24) is 0 Å². The molecule has 0 aromatic rings. The van der Waals surface area contributed by atoms with Gasteiger partial charge in [0.2, 0.25) is 0 Å². The Bertz CT molecular complexity index is 287. The van der Waals surface area contributed by atoms with Gasteiger partial charge in [-0.05, 0) is 32.3 Å². The van der Waals surface area contributed by atoms with Crippen LogP contribution in [0.1, 0.15) is 33.6 Å². The number of esters is 1. The lowest BCUT2D eigenvalue weighted by Crippen LogP contribution is -2.10. The van der Waals surface area contributed by atoms with Gasteiger partial charge in [-0.1, -0.05) is 17.7 Å². The van der Waals surface area contributed by atoms with Crippen LogP contribution in [0, 0.1) is 5.92 Å². The van der Waals surface area contributed by atoms with Crippen LogP contribution < -0.4 is 0 Å². The third-order valence-electron chi connectivity index (χ3n) is 2.80. The molecule has 0 unspecified atom stereocenters. The van der Waals surface area contributed by atoms with Gasteiger partial charge in [0.15, 0.2) is 0 Å². The van der Waals surface area contributed by atoms with E-state index in [1.165, 1.54) is 23.6 Å². The highest BCUT2D eigenvalue weighted by Gasteiger charge is 2.24. The Labute approximate surface area is 85.6 Å². The van der Waals surface area contributed by atoms with E-state index in [-0.39, 0.29) is 5.97 Å². The molecule has 0 spiro atoms. The lowest BCUT2D eigenvalue weighted by Gasteiger charge is -2.15. The molecule has 14 heavy (non-hydrogen) atoms. The van der Waals surface area contributed by atoms with Crippen LogP contribution in [0.5, 0.6) is 0 Å². The van der Waals surface area contributed by atoms with Crippen molar-refractivity contribution in [2.75, 3.05) is 6.61 Å². The molecule has 0 radical (unpaired) electrons. The Morgan fingerprint density at radius 2 is 2.21 bits per heavy atom. The molecule has 0 fully saturated rings. The zero-order valence-electron chi connectivity index (χ0n) is 9.22. The quantitative estimate of drug-likeness (QED) is 0.510. The number of carbonyl (C=O) groups excluding carboxylic acids is 1. The summed E-state index contributed by atoms with van der Waals surface area (Å²) in [6, 6.07) is 0. The van der Waals surface area contributed by atoms with Crippen molar-refractivity contribution in [3.05, 3.63) is 23.3 Å². The highest BCUT2D eigenvalue weighted by Crippen LogP contribution is 2.35. The molecule has 78 valence electrons. The first kappa shape index (κ1) is 11.0. The fraction of sp³-hybridized carbons (Fsp3) is 0.583. The van der Waals surface area contributed by atoms with Gasteiger partial charge in [-0.15, -0.1) is 0 Å². The summed E-state index contributed by atoms with van der Waals surface area (Å²) in [5.41, 5.74) is 3.79. The van der Waals surface area contributed by atoms with E-state index < -0.39 is 0 Å². The van der Waals surface area contributed by atoms with Crippen molar-refractivity contribution in [3.63, 3.8) is 0 Å². The van der Waals surface area contributed by atoms with Crippen LogP contribution in [-0.2, 0) is 9.53 Å². The molecule has 1 aliphatic rings. The fourth-order valence-electron chi connectivity index (χ4n) is 1.94. The summed E-state index contributed by atoms with van der Waals surface area (Å²) in [4.78, 5) is 10.7. The molecule has 1 aliphatic carbocycles. The molecular weight excluding hydrogens is 176 g/mol. The first-order valence-corrected chi connectivity index (χ1v) is 4.99. The summed E-state index contributed by atoms with van der Waals surface area (Å²) in [7, 11) is 0. The monoisotopic (exact) mass is 194 g/mol. The van der Waals surface area contributed by atoms with E-state index in [2.05, 4.69) is 13.5 Å². The predicted molar refractivity (Wildman–Crippen MR) is 56.9 cm³/mol. The van der Waals surface area contributed by atoms with E-state index in [1.54, 1.807) is 0 Å². The lowest BCUT2D eigenvalue weighted by molar-refractivity contribution is -0.140. The first-order chi connectivity index (χ1) is 6.52. The van der Waals surface area contributed by atoms with Crippen LogP contribution in [0.2, 0.25) is 0 Å². The second-order valence-corrected chi connectivity index (χ2v) is 4.02. The standard InChI is InChI=1S/C12H18O2/c1-8(2)11-6-5-9(3)12(11)7-14-10(4)13/h11H,1,5-7H2,2-4H3/t11-/m1/s1. The summed E-state index contributed by atoms with van der Waals surface area (Å²) in [5.74, 6) is 0.215. The molecule has 0 amide bonds. The van der Waals surface area contributed by atoms with Crippen molar-refractivity contribution in [2.24, 2.45) is 5.92 Å². The van der Waals surface area contributed by atoms with E-state index in [0.29, 0.717) is 12.5 Å². The molecule has 0 aromatic heterocycles. The Kier molecular flexibility index (Phi) is 3.50. The molecular formula is C12H18O2.